The molecule has 1 amide bonds. The molecular formula is C12H19BrN2OS. The fourth-order valence-corrected chi connectivity index (χ4v) is 2.06. The van der Waals surface area contributed by atoms with Crippen molar-refractivity contribution in [2.75, 3.05) is 12.8 Å². The maximum Gasteiger partial charge on any atom is 0.267 e. The predicted molar refractivity (Wildman–Crippen MR) is 77.7 cm³/mol. The molecule has 0 spiro atoms. The van der Waals surface area contributed by atoms with Crippen LogP contribution in [-0.2, 0) is 6.54 Å². The molecule has 1 heterocycles. The van der Waals surface area contributed by atoms with Crippen LogP contribution in [-0.4, -0.2) is 28.0 Å². The fraction of sp³-hybridized carbons (Fsp3) is 0.583. The number of rotatable bonds is 5. The third-order valence-corrected chi connectivity index (χ3v) is 4.35. The van der Waals surface area contributed by atoms with Gasteiger partial charge in [0, 0.05) is 28.5 Å². The van der Waals surface area contributed by atoms with Gasteiger partial charge in [0.15, 0.2) is 0 Å². The van der Waals surface area contributed by atoms with E-state index < -0.39 is 0 Å². The number of hydrogen-bond donors (Lipinski definition) is 1. The number of thioether (sulfide) groups is 1. The standard InChI is InChI=1S/C12H19BrN2OS/c1-5-15-7-9(13)6-10(15)11(16)14-8-12(2,3)17-4/h6-7H,5,8H2,1-4H3,(H,14,16). The highest BCUT2D eigenvalue weighted by molar-refractivity contribution is 9.10. The van der Waals surface area contributed by atoms with Crippen LogP contribution in [0.4, 0.5) is 0 Å². The molecule has 0 saturated carbocycles. The second-order valence-electron chi connectivity index (χ2n) is 4.48. The number of halogens is 1. The van der Waals surface area contributed by atoms with Crippen molar-refractivity contribution in [1.29, 1.82) is 0 Å². The van der Waals surface area contributed by atoms with Gasteiger partial charge in [0.1, 0.15) is 5.69 Å². The van der Waals surface area contributed by atoms with Crippen LogP contribution < -0.4 is 5.32 Å². The molecule has 3 nitrogen and oxygen atoms in total. The average molecular weight is 319 g/mol. The summed E-state index contributed by atoms with van der Waals surface area (Å²) in [5, 5.41) is 2.98. The molecular weight excluding hydrogens is 300 g/mol. The number of aromatic nitrogens is 1. The van der Waals surface area contributed by atoms with Crippen LogP contribution in [0.25, 0.3) is 0 Å². The quantitative estimate of drug-likeness (QED) is 0.905. The van der Waals surface area contributed by atoms with Gasteiger partial charge in [0.2, 0.25) is 0 Å². The topological polar surface area (TPSA) is 34.0 Å². The van der Waals surface area contributed by atoms with Gasteiger partial charge >= 0.3 is 0 Å². The zero-order valence-electron chi connectivity index (χ0n) is 10.7. The van der Waals surface area contributed by atoms with E-state index in [0.717, 1.165) is 11.0 Å². The number of nitrogens with one attached hydrogen (secondary N) is 1. The summed E-state index contributed by atoms with van der Waals surface area (Å²) in [6, 6.07) is 1.85. The number of nitrogens with zero attached hydrogens (tertiary/aromatic N) is 1. The number of amides is 1. The molecule has 0 bridgehead atoms. The smallest absolute Gasteiger partial charge is 0.267 e. The van der Waals surface area contributed by atoms with Gasteiger partial charge in [-0.15, -0.1) is 0 Å². The molecule has 0 unspecified atom stereocenters. The predicted octanol–water partition coefficient (Wildman–Crippen LogP) is 3.14. The minimum atomic E-state index is -0.0142. The molecule has 96 valence electrons. The normalized spacial score (nSPS) is 11.6. The minimum Gasteiger partial charge on any atom is -0.349 e. The van der Waals surface area contributed by atoms with Crippen LogP contribution in [0.5, 0.6) is 0 Å². The monoisotopic (exact) mass is 318 g/mol. The molecule has 1 aromatic heterocycles. The van der Waals surface area contributed by atoms with Crippen LogP contribution in [0.3, 0.4) is 0 Å². The number of carbonyl (C=O) groups is 1. The van der Waals surface area contributed by atoms with Gasteiger partial charge in [0.25, 0.3) is 5.91 Å². The molecule has 1 N–H and O–H groups in total. The van der Waals surface area contributed by atoms with Gasteiger partial charge in [0.05, 0.1) is 0 Å². The van der Waals surface area contributed by atoms with E-state index in [0.29, 0.717) is 12.2 Å². The summed E-state index contributed by atoms with van der Waals surface area (Å²) >= 11 is 5.14. The lowest BCUT2D eigenvalue weighted by molar-refractivity contribution is 0.0941. The maximum absolute atomic E-state index is 12.0. The van der Waals surface area contributed by atoms with Gasteiger partial charge in [-0.3, -0.25) is 4.79 Å². The molecule has 0 atom stereocenters. The Balaban J connectivity index is 2.70. The average Bonchev–Trinajstić information content (AvgIpc) is 2.67. The van der Waals surface area contributed by atoms with Crippen molar-refractivity contribution in [1.82, 2.24) is 9.88 Å². The van der Waals surface area contributed by atoms with Crippen molar-refractivity contribution in [3.63, 3.8) is 0 Å². The Morgan fingerprint density at radius 2 is 2.24 bits per heavy atom. The summed E-state index contributed by atoms with van der Waals surface area (Å²) < 4.78 is 2.94. The Morgan fingerprint density at radius 3 is 2.76 bits per heavy atom. The summed E-state index contributed by atoms with van der Waals surface area (Å²) in [6.45, 7) is 7.72. The van der Waals surface area contributed by atoms with Gasteiger partial charge in [-0.05, 0) is 49.0 Å². The number of hydrogen-bond acceptors (Lipinski definition) is 2. The Hall–Kier alpha value is -0.420. The molecule has 0 fully saturated rings. The molecule has 0 aliphatic heterocycles. The van der Waals surface area contributed by atoms with Crippen LogP contribution in [0, 0.1) is 0 Å². The van der Waals surface area contributed by atoms with Gasteiger partial charge < -0.3 is 9.88 Å². The van der Waals surface area contributed by atoms with Crippen LogP contribution in [0.15, 0.2) is 16.7 Å². The maximum atomic E-state index is 12.0. The van der Waals surface area contributed by atoms with Crippen molar-refractivity contribution in [3.8, 4) is 0 Å². The number of aryl methyl sites for hydroxylation is 1. The third kappa shape index (κ3) is 4.07. The van der Waals surface area contributed by atoms with Crippen molar-refractivity contribution in [2.24, 2.45) is 0 Å². The van der Waals surface area contributed by atoms with E-state index in [-0.39, 0.29) is 10.7 Å². The van der Waals surface area contributed by atoms with E-state index in [9.17, 15) is 4.79 Å². The van der Waals surface area contributed by atoms with E-state index in [2.05, 4.69) is 41.3 Å². The van der Waals surface area contributed by atoms with Crippen molar-refractivity contribution in [2.45, 2.75) is 32.1 Å². The second kappa shape index (κ2) is 5.96. The molecule has 0 aromatic carbocycles. The van der Waals surface area contributed by atoms with Crippen molar-refractivity contribution in [3.05, 3.63) is 22.4 Å². The van der Waals surface area contributed by atoms with E-state index >= 15 is 0 Å². The number of carbonyl (C=O) groups excluding carboxylic acids is 1. The minimum absolute atomic E-state index is 0.0142. The molecule has 0 radical (unpaired) electrons. The third-order valence-electron chi connectivity index (χ3n) is 2.66. The highest BCUT2D eigenvalue weighted by atomic mass is 79.9. The van der Waals surface area contributed by atoms with E-state index in [4.69, 9.17) is 0 Å². The molecule has 0 saturated heterocycles. The van der Waals surface area contributed by atoms with E-state index in [1.54, 1.807) is 11.8 Å². The van der Waals surface area contributed by atoms with Gasteiger partial charge in [-0.25, -0.2) is 0 Å². The van der Waals surface area contributed by atoms with Gasteiger partial charge in [-0.2, -0.15) is 11.8 Å². The molecule has 1 aromatic rings. The van der Waals surface area contributed by atoms with Gasteiger partial charge in [-0.1, -0.05) is 0 Å². The first-order valence-corrected chi connectivity index (χ1v) is 7.60. The lowest BCUT2D eigenvalue weighted by Gasteiger charge is -2.22. The van der Waals surface area contributed by atoms with Crippen LogP contribution in [0.1, 0.15) is 31.3 Å². The molecule has 0 aliphatic carbocycles. The van der Waals surface area contributed by atoms with Crippen molar-refractivity contribution < 1.29 is 4.79 Å². The Bertz CT molecular complexity index is 401. The Labute approximate surface area is 115 Å². The SMILES string of the molecule is CCn1cc(Br)cc1C(=O)NCC(C)(C)SC. The molecule has 17 heavy (non-hydrogen) atoms. The molecule has 0 aliphatic rings. The first kappa shape index (κ1) is 14.6. The zero-order valence-corrected chi connectivity index (χ0v) is 13.1. The van der Waals surface area contributed by atoms with Crippen molar-refractivity contribution >= 4 is 33.6 Å². The Morgan fingerprint density at radius 1 is 1.59 bits per heavy atom. The van der Waals surface area contributed by atoms with Crippen LogP contribution in [0.2, 0.25) is 0 Å². The summed E-state index contributed by atoms with van der Waals surface area (Å²) in [6.07, 6.45) is 3.98. The van der Waals surface area contributed by atoms with Crippen LogP contribution >= 0.6 is 27.7 Å². The fourth-order valence-electron chi connectivity index (χ4n) is 1.38. The first-order valence-electron chi connectivity index (χ1n) is 5.58. The summed E-state index contributed by atoms with van der Waals surface area (Å²) in [7, 11) is 0. The molecule has 5 heteroatoms. The highest BCUT2D eigenvalue weighted by Crippen LogP contribution is 2.20. The highest BCUT2D eigenvalue weighted by Gasteiger charge is 2.19. The second-order valence-corrected chi connectivity index (χ2v) is 6.91. The lowest BCUT2D eigenvalue weighted by atomic mass is 10.2. The van der Waals surface area contributed by atoms with E-state index in [1.807, 2.05) is 23.8 Å². The summed E-state index contributed by atoms with van der Waals surface area (Å²) in [4.78, 5) is 12.0. The lowest BCUT2D eigenvalue weighted by Crippen LogP contribution is -2.36. The molecule has 1 rings (SSSR count). The zero-order chi connectivity index (χ0) is 13.1. The summed E-state index contributed by atoms with van der Waals surface area (Å²) in [5.41, 5.74) is 0.705. The summed E-state index contributed by atoms with van der Waals surface area (Å²) in [5.74, 6) is -0.0142. The largest absolute Gasteiger partial charge is 0.349 e. The van der Waals surface area contributed by atoms with E-state index in [1.165, 1.54) is 0 Å². The first-order chi connectivity index (χ1) is 7.89. The Kier molecular flexibility index (Phi) is 5.13.